The molecule has 2 heterocycles. The number of furan rings is 1. The van der Waals surface area contributed by atoms with Crippen LogP contribution in [0.1, 0.15) is 38.9 Å². The fraction of sp³-hybridized carbons (Fsp3) is 0.714. The van der Waals surface area contributed by atoms with Gasteiger partial charge in [-0.05, 0) is 47.7 Å². The molecule has 0 saturated carbocycles. The zero-order valence-corrected chi connectivity index (χ0v) is 15.0. The third-order valence-corrected chi connectivity index (χ3v) is 6.60. The van der Waals surface area contributed by atoms with Gasteiger partial charge in [-0.2, -0.15) is 4.31 Å². The van der Waals surface area contributed by atoms with Gasteiger partial charge in [-0.25, -0.2) is 8.42 Å². The van der Waals surface area contributed by atoms with Crippen LogP contribution in [0, 0.1) is 5.92 Å². The molecule has 1 N–H and O–H groups in total. The van der Waals surface area contributed by atoms with E-state index in [1.54, 1.807) is 10.4 Å². The zero-order valence-electron chi connectivity index (χ0n) is 12.6. The van der Waals surface area contributed by atoms with Crippen molar-refractivity contribution in [3.05, 3.63) is 16.5 Å². The molecule has 0 aliphatic carbocycles. The number of nitrogens with zero attached hydrogens (tertiary/aromatic N) is 1. The lowest BCUT2D eigenvalue weighted by atomic mass is 10.0. The molecule has 1 fully saturated rings. The summed E-state index contributed by atoms with van der Waals surface area (Å²) in [5.74, 6) is 1.22. The fourth-order valence-corrected chi connectivity index (χ4v) is 4.98. The first kappa shape index (κ1) is 17.0. The van der Waals surface area contributed by atoms with E-state index in [0.29, 0.717) is 36.0 Å². The van der Waals surface area contributed by atoms with Crippen LogP contribution < -0.4 is 5.32 Å². The van der Waals surface area contributed by atoms with Gasteiger partial charge in [0.25, 0.3) is 0 Å². The number of sulfonamides is 1. The Kier molecular flexibility index (Phi) is 5.88. The maximum absolute atomic E-state index is 12.8. The summed E-state index contributed by atoms with van der Waals surface area (Å²) in [6, 6.07) is 1.62. The van der Waals surface area contributed by atoms with Gasteiger partial charge in [0.2, 0.25) is 10.0 Å². The van der Waals surface area contributed by atoms with Crippen LogP contribution >= 0.6 is 15.9 Å². The summed E-state index contributed by atoms with van der Waals surface area (Å²) < 4.78 is 32.9. The maximum Gasteiger partial charge on any atom is 0.247 e. The second-order valence-electron chi connectivity index (χ2n) is 5.57. The summed E-state index contributed by atoms with van der Waals surface area (Å²) in [6.07, 6.45) is 2.92. The van der Waals surface area contributed by atoms with Crippen LogP contribution in [0.4, 0.5) is 0 Å². The normalized spacial score (nSPS) is 21.4. The Morgan fingerprint density at radius 3 is 2.90 bits per heavy atom. The van der Waals surface area contributed by atoms with Crippen LogP contribution in [0.5, 0.6) is 0 Å². The molecular formula is C14H23BrN2O3S. The van der Waals surface area contributed by atoms with Gasteiger partial charge in [0.15, 0.2) is 4.67 Å². The molecule has 1 atom stereocenters. The monoisotopic (exact) mass is 378 g/mol. The molecule has 5 nitrogen and oxygen atoms in total. The van der Waals surface area contributed by atoms with Crippen LogP contribution in [0.25, 0.3) is 0 Å². The molecule has 2 rings (SSSR count). The SMILES string of the molecule is CCNCc1cc(S(=O)(=O)N2CCCC(C)CC2)c(Br)o1. The van der Waals surface area contributed by atoms with E-state index in [1.807, 2.05) is 6.92 Å². The third-order valence-electron chi connectivity index (χ3n) is 3.85. The molecule has 1 aromatic heterocycles. The second-order valence-corrected chi connectivity index (χ2v) is 8.20. The Hall–Kier alpha value is -0.370. The summed E-state index contributed by atoms with van der Waals surface area (Å²) in [7, 11) is -3.48. The van der Waals surface area contributed by atoms with Crippen LogP contribution in [0.15, 0.2) is 20.0 Å². The lowest BCUT2D eigenvalue weighted by Gasteiger charge is -2.19. The van der Waals surface area contributed by atoms with E-state index in [1.165, 1.54) is 0 Å². The second kappa shape index (κ2) is 7.26. The van der Waals surface area contributed by atoms with Gasteiger partial charge in [0.05, 0.1) is 6.54 Å². The van der Waals surface area contributed by atoms with Crippen molar-refractivity contribution in [1.82, 2.24) is 9.62 Å². The Labute approximate surface area is 135 Å². The highest BCUT2D eigenvalue weighted by molar-refractivity contribution is 9.10. The van der Waals surface area contributed by atoms with Crippen molar-refractivity contribution in [3.63, 3.8) is 0 Å². The summed E-state index contributed by atoms with van der Waals surface area (Å²) in [5.41, 5.74) is 0. The van der Waals surface area contributed by atoms with Crippen LogP contribution in [-0.4, -0.2) is 32.4 Å². The first-order valence-electron chi connectivity index (χ1n) is 7.44. The molecule has 7 heteroatoms. The fourth-order valence-electron chi connectivity index (χ4n) is 2.53. The smallest absolute Gasteiger partial charge is 0.247 e. The van der Waals surface area contributed by atoms with Gasteiger partial charge in [-0.3, -0.25) is 0 Å². The number of rotatable bonds is 5. The predicted octanol–water partition coefficient (Wildman–Crippen LogP) is 2.96. The summed E-state index contributed by atoms with van der Waals surface area (Å²) >= 11 is 3.24. The average Bonchev–Trinajstić information content (AvgIpc) is 2.66. The van der Waals surface area contributed by atoms with Gasteiger partial charge in [0, 0.05) is 19.2 Å². The highest BCUT2D eigenvalue weighted by Gasteiger charge is 2.30. The number of hydrogen-bond donors (Lipinski definition) is 1. The highest BCUT2D eigenvalue weighted by atomic mass is 79.9. The molecule has 1 aromatic rings. The van der Waals surface area contributed by atoms with E-state index in [9.17, 15) is 8.42 Å². The van der Waals surface area contributed by atoms with Gasteiger partial charge >= 0.3 is 0 Å². The summed E-state index contributed by atoms with van der Waals surface area (Å²) in [4.78, 5) is 0.241. The Bertz CT molecular complexity index is 571. The lowest BCUT2D eigenvalue weighted by Crippen LogP contribution is -2.32. The van der Waals surface area contributed by atoms with Crippen molar-refractivity contribution in [2.45, 2.75) is 44.6 Å². The molecule has 0 aromatic carbocycles. The van der Waals surface area contributed by atoms with E-state index in [2.05, 4.69) is 28.2 Å². The van der Waals surface area contributed by atoms with E-state index in [-0.39, 0.29) is 4.90 Å². The van der Waals surface area contributed by atoms with Gasteiger partial charge in [-0.1, -0.05) is 13.8 Å². The maximum atomic E-state index is 12.8. The van der Waals surface area contributed by atoms with Crippen molar-refractivity contribution >= 4 is 26.0 Å². The molecule has 0 spiro atoms. The quantitative estimate of drug-likeness (QED) is 0.855. The molecular weight excluding hydrogens is 356 g/mol. The number of halogens is 1. The number of nitrogens with one attached hydrogen (secondary N) is 1. The topological polar surface area (TPSA) is 62.6 Å². The van der Waals surface area contributed by atoms with Gasteiger partial charge in [0.1, 0.15) is 10.7 Å². The first-order valence-corrected chi connectivity index (χ1v) is 9.67. The minimum absolute atomic E-state index is 0.241. The number of hydrogen-bond acceptors (Lipinski definition) is 4. The molecule has 1 aliphatic heterocycles. The Morgan fingerprint density at radius 2 is 2.19 bits per heavy atom. The zero-order chi connectivity index (χ0) is 15.5. The molecule has 1 unspecified atom stereocenters. The minimum Gasteiger partial charge on any atom is -0.452 e. The molecule has 0 bridgehead atoms. The van der Waals surface area contributed by atoms with Crippen LogP contribution in [0.2, 0.25) is 0 Å². The third kappa shape index (κ3) is 4.09. The van der Waals surface area contributed by atoms with Crippen molar-refractivity contribution < 1.29 is 12.8 Å². The molecule has 1 saturated heterocycles. The van der Waals surface area contributed by atoms with Crippen molar-refractivity contribution in [3.8, 4) is 0 Å². The van der Waals surface area contributed by atoms with E-state index in [4.69, 9.17) is 4.42 Å². The first-order chi connectivity index (χ1) is 9.95. The average molecular weight is 379 g/mol. The van der Waals surface area contributed by atoms with Crippen molar-refractivity contribution in [1.29, 1.82) is 0 Å². The van der Waals surface area contributed by atoms with Crippen LogP contribution in [-0.2, 0) is 16.6 Å². The lowest BCUT2D eigenvalue weighted by molar-refractivity contribution is 0.414. The van der Waals surface area contributed by atoms with Crippen LogP contribution in [0.3, 0.4) is 0 Å². The Morgan fingerprint density at radius 1 is 1.43 bits per heavy atom. The van der Waals surface area contributed by atoms with E-state index in [0.717, 1.165) is 25.8 Å². The molecule has 21 heavy (non-hydrogen) atoms. The standard InChI is InChI=1S/C14H23BrN2O3S/c1-3-16-10-12-9-13(14(15)20-12)21(18,19)17-7-4-5-11(2)6-8-17/h9,11,16H,3-8,10H2,1-2H3. The van der Waals surface area contributed by atoms with Crippen molar-refractivity contribution in [2.24, 2.45) is 5.92 Å². The van der Waals surface area contributed by atoms with Crippen molar-refractivity contribution in [2.75, 3.05) is 19.6 Å². The predicted molar refractivity (Wildman–Crippen MR) is 85.6 cm³/mol. The summed E-state index contributed by atoms with van der Waals surface area (Å²) in [6.45, 7) is 6.69. The summed E-state index contributed by atoms with van der Waals surface area (Å²) in [5, 5.41) is 3.13. The molecule has 0 radical (unpaired) electrons. The van der Waals surface area contributed by atoms with E-state index < -0.39 is 10.0 Å². The minimum atomic E-state index is -3.48. The molecule has 120 valence electrons. The van der Waals surface area contributed by atoms with E-state index >= 15 is 0 Å². The molecule has 0 amide bonds. The van der Waals surface area contributed by atoms with Gasteiger partial charge < -0.3 is 9.73 Å². The highest BCUT2D eigenvalue weighted by Crippen LogP contribution is 2.30. The largest absolute Gasteiger partial charge is 0.452 e. The molecule has 1 aliphatic rings. The van der Waals surface area contributed by atoms with Gasteiger partial charge in [-0.15, -0.1) is 0 Å². The Balaban J connectivity index is 2.20.